The van der Waals surface area contributed by atoms with Crippen LogP contribution in [0.1, 0.15) is 29.9 Å². The normalized spacial score (nSPS) is 22.6. The first-order valence-corrected chi connectivity index (χ1v) is 12.7. The number of fused-ring (bicyclic) bond motifs is 1. The molecule has 2 aromatic heterocycles. The van der Waals surface area contributed by atoms with Gasteiger partial charge in [0.1, 0.15) is 29.2 Å². The number of anilines is 1. The number of amides is 2. The maximum atomic E-state index is 13.1. The first-order chi connectivity index (χ1) is 17.0. The SMILES string of the molecule is Nc1nc(/C(=N\OC2(C(=O)O)CC2)C(=O)N[C@@H]2C(=O)N(S(=O)(=O)O)[C@@H]2Cn2nc3c(n2)CNC3)cs1. The van der Waals surface area contributed by atoms with Crippen molar-refractivity contribution in [3.8, 4) is 0 Å². The monoisotopic (exact) mass is 541 g/mol. The van der Waals surface area contributed by atoms with Crippen molar-refractivity contribution in [1.82, 2.24) is 34.9 Å². The lowest BCUT2D eigenvalue weighted by molar-refractivity contribution is -0.153. The number of hydrogen-bond donors (Lipinski definition) is 5. The van der Waals surface area contributed by atoms with Gasteiger partial charge in [0.2, 0.25) is 5.60 Å². The number of aliphatic carboxylic acids is 1. The Morgan fingerprint density at radius 2 is 2.00 bits per heavy atom. The number of nitrogens with zero attached hydrogens (tertiary/aromatic N) is 6. The number of nitrogen functional groups attached to an aromatic ring is 1. The molecule has 1 saturated carbocycles. The molecule has 6 N–H and O–H groups in total. The van der Waals surface area contributed by atoms with Crippen LogP contribution in [0.2, 0.25) is 0 Å². The van der Waals surface area contributed by atoms with Crippen LogP contribution in [-0.4, -0.2) is 83.5 Å². The number of thiazole rings is 1. The molecule has 2 aromatic rings. The van der Waals surface area contributed by atoms with Crippen molar-refractivity contribution in [2.45, 2.75) is 50.2 Å². The topological polar surface area (TPSA) is 244 Å². The molecule has 19 heteroatoms. The molecule has 0 radical (unpaired) electrons. The maximum absolute atomic E-state index is 13.1. The van der Waals surface area contributed by atoms with Crippen LogP contribution in [0.4, 0.5) is 5.13 Å². The van der Waals surface area contributed by atoms with Gasteiger partial charge in [0.05, 0.1) is 6.54 Å². The number of carbonyl (C=O) groups excluding carboxylic acids is 2. The summed E-state index contributed by atoms with van der Waals surface area (Å²) in [4.78, 5) is 47.4. The molecule has 0 aromatic carbocycles. The summed E-state index contributed by atoms with van der Waals surface area (Å²) in [5.41, 5.74) is 4.87. The molecule has 4 heterocycles. The standard InChI is InChI=1S/C17H19N9O8S2/c18-16-20-9(6-35-16)11(24-34-17(1-2-17)15(29)30)13(27)21-12-10(26(14(12)28)36(31,32)33)5-25-22-7-3-19-4-8(7)23-25/h6,10,12,19H,1-5H2,(H2,18,20)(H,21,27)(H,29,30)(H,31,32,33)/b24-11+/t10-,12+/m1/s1. The highest BCUT2D eigenvalue weighted by molar-refractivity contribution is 7.84. The van der Waals surface area contributed by atoms with Crippen molar-refractivity contribution in [2.24, 2.45) is 5.16 Å². The molecule has 2 fully saturated rings. The highest BCUT2D eigenvalue weighted by Crippen LogP contribution is 2.40. The molecule has 5 rings (SSSR count). The zero-order valence-corrected chi connectivity index (χ0v) is 19.8. The van der Waals surface area contributed by atoms with Crippen LogP contribution >= 0.6 is 11.3 Å². The highest BCUT2D eigenvalue weighted by atomic mass is 32.2. The molecule has 17 nitrogen and oxygen atoms in total. The molecular weight excluding hydrogens is 522 g/mol. The summed E-state index contributed by atoms with van der Waals surface area (Å²) in [5.74, 6) is -3.35. The van der Waals surface area contributed by atoms with Gasteiger partial charge in [-0.2, -0.15) is 23.4 Å². The van der Waals surface area contributed by atoms with E-state index in [0.717, 1.165) is 11.3 Å². The zero-order chi connectivity index (χ0) is 25.8. The predicted octanol–water partition coefficient (Wildman–Crippen LogP) is -2.54. The zero-order valence-electron chi connectivity index (χ0n) is 18.2. The fourth-order valence-corrected chi connectivity index (χ4v) is 5.20. The van der Waals surface area contributed by atoms with Crippen LogP contribution in [-0.2, 0) is 49.2 Å². The molecule has 3 aliphatic rings. The van der Waals surface area contributed by atoms with E-state index in [2.05, 4.69) is 31.0 Å². The summed E-state index contributed by atoms with van der Waals surface area (Å²) < 4.78 is 33.4. The van der Waals surface area contributed by atoms with Crippen molar-refractivity contribution in [3.05, 3.63) is 22.5 Å². The van der Waals surface area contributed by atoms with Crippen molar-refractivity contribution in [2.75, 3.05) is 5.73 Å². The minimum absolute atomic E-state index is 0.0381. The number of nitrogens with one attached hydrogen (secondary N) is 2. The minimum atomic E-state index is -4.94. The molecule has 2 atom stereocenters. The molecule has 36 heavy (non-hydrogen) atoms. The summed E-state index contributed by atoms with van der Waals surface area (Å²) in [5, 5.41) is 28.3. The number of nitrogens with two attached hydrogens (primary N) is 1. The Kier molecular flexibility index (Phi) is 5.65. The molecule has 1 saturated heterocycles. The average Bonchev–Trinajstić information content (AvgIpc) is 3.06. The number of carboxylic acid groups (broad SMARTS) is 1. The van der Waals surface area contributed by atoms with E-state index in [1.54, 1.807) is 0 Å². The quantitative estimate of drug-likeness (QED) is 0.0951. The molecule has 0 spiro atoms. The number of carbonyl (C=O) groups is 3. The molecule has 0 unspecified atom stereocenters. The molecule has 2 amide bonds. The van der Waals surface area contributed by atoms with Crippen LogP contribution in [0.25, 0.3) is 0 Å². The molecule has 1 aliphatic carbocycles. The third-order valence-corrected chi connectivity index (χ3v) is 7.45. The van der Waals surface area contributed by atoms with Gasteiger partial charge in [-0.25, -0.2) is 14.1 Å². The Balaban J connectivity index is 1.39. The van der Waals surface area contributed by atoms with Crippen molar-refractivity contribution in [3.63, 3.8) is 0 Å². The highest BCUT2D eigenvalue weighted by Gasteiger charge is 2.56. The van der Waals surface area contributed by atoms with Gasteiger partial charge in [-0.3, -0.25) is 14.1 Å². The number of aromatic nitrogens is 4. The molecule has 2 aliphatic heterocycles. The van der Waals surface area contributed by atoms with Crippen LogP contribution in [0.5, 0.6) is 0 Å². The largest absolute Gasteiger partial charge is 0.478 e. The van der Waals surface area contributed by atoms with Gasteiger partial charge in [0, 0.05) is 31.3 Å². The van der Waals surface area contributed by atoms with Gasteiger partial charge >= 0.3 is 16.3 Å². The fourth-order valence-electron chi connectivity index (χ4n) is 3.78. The Morgan fingerprint density at radius 3 is 2.53 bits per heavy atom. The fraction of sp³-hybridized carbons (Fsp3) is 0.471. The van der Waals surface area contributed by atoms with E-state index in [1.165, 1.54) is 10.2 Å². The molecular formula is C17H19N9O8S2. The van der Waals surface area contributed by atoms with Crippen LogP contribution in [0, 0.1) is 0 Å². The second-order valence-corrected chi connectivity index (χ2v) is 10.5. The number of oxime groups is 1. The smallest absolute Gasteiger partial charge is 0.362 e. The average molecular weight is 542 g/mol. The van der Waals surface area contributed by atoms with Crippen LogP contribution in [0.3, 0.4) is 0 Å². The Labute approximate surface area is 206 Å². The summed E-state index contributed by atoms with van der Waals surface area (Å²) in [7, 11) is -4.94. The van der Waals surface area contributed by atoms with Gasteiger partial charge in [-0.1, -0.05) is 5.16 Å². The number of carboxylic acids is 1. The van der Waals surface area contributed by atoms with Crippen LogP contribution in [0.15, 0.2) is 10.5 Å². The van der Waals surface area contributed by atoms with E-state index in [9.17, 15) is 32.5 Å². The second kappa shape index (κ2) is 8.47. The Bertz CT molecular complexity index is 1370. The maximum Gasteiger partial charge on any atom is 0.362 e. The van der Waals surface area contributed by atoms with Crippen molar-refractivity contribution < 1.29 is 37.3 Å². The summed E-state index contributed by atoms with van der Waals surface area (Å²) in [6.07, 6.45) is 0.367. The Hall–Kier alpha value is -3.68. The lowest BCUT2D eigenvalue weighted by atomic mass is 9.98. The minimum Gasteiger partial charge on any atom is -0.478 e. The van der Waals surface area contributed by atoms with Gasteiger partial charge in [-0.05, 0) is 0 Å². The third-order valence-electron chi connectivity index (χ3n) is 5.83. The summed E-state index contributed by atoms with van der Waals surface area (Å²) >= 11 is 0.983. The first kappa shape index (κ1) is 24.0. The lowest BCUT2D eigenvalue weighted by Crippen LogP contribution is -2.73. The number of β-lactam (4-membered cyclic amide) rings is 1. The van der Waals surface area contributed by atoms with Gasteiger partial charge in [0.15, 0.2) is 10.8 Å². The van der Waals surface area contributed by atoms with E-state index < -0.39 is 51.5 Å². The van der Waals surface area contributed by atoms with Crippen molar-refractivity contribution >= 4 is 50.3 Å². The van der Waals surface area contributed by atoms with Gasteiger partial charge in [0.25, 0.3) is 11.8 Å². The molecule has 192 valence electrons. The van der Waals surface area contributed by atoms with Gasteiger partial charge < -0.3 is 26.3 Å². The van der Waals surface area contributed by atoms with Gasteiger partial charge in [-0.15, -0.1) is 11.3 Å². The van der Waals surface area contributed by atoms with Crippen LogP contribution < -0.4 is 16.4 Å². The van der Waals surface area contributed by atoms with E-state index in [-0.39, 0.29) is 34.5 Å². The van der Waals surface area contributed by atoms with Crippen molar-refractivity contribution in [1.29, 1.82) is 0 Å². The number of hydrogen-bond acceptors (Lipinski definition) is 13. The van der Waals surface area contributed by atoms with E-state index in [4.69, 9.17) is 10.6 Å². The Morgan fingerprint density at radius 1 is 1.33 bits per heavy atom. The first-order valence-electron chi connectivity index (χ1n) is 10.4. The third kappa shape index (κ3) is 4.25. The number of rotatable bonds is 9. The lowest BCUT2D eigenvalue weighted by Gasteiger charge is -2.43. The van der Waals surface area contributed by atoms with E-state index in [1.807, 2.05) is 0 Å². The molecule has 0 bridgehead atoms. The summed E-state index contributed by atoms with van der Waals surface area (Å²) in [6.45, 7) is 0.684. The second-order valence-electron chi connectivity index (χ2n) is 8.28. The van der Waals surface area contributed by atoms with E-state index >= 15 is 0 Å². The van der Waals surface area contributed by atoms with E-state index in [0.29, 0.717) is 24.5 Å². The predicted molar refractivity (Wildman–Crippen MR) is 118 cm³/mol. The summed E-state index contributed by atoms with van der Waals surface area (Å²) in [6, 6.07) is -2.66.